The Morgan fingerprint density at radius 2 is 2.11 bits per heavy atom. The van der Waals surface area contributed by atoms with Gasteiger partial charge in [0.05, 0.1) is 0 Å². The molecular weight excluding hydrogens is 250 g/mol. The van der Waals surface area contributed by atoms with Crippen LogP contribution in [0.4, 0.5) is 4.79 Å². The van der Waals surface area contributed by atoms with Crippen molar-refractivity contribution in [1.29, 1.82) is 0 Å². The molecule has 1 heterocycles. The number of carbonyl (C=O) groups excluding carboxylic acids is 2. The van der Waals surface area contributed by atoms with Crippen LogP contribution in [0.3, 0.4) is 0 Å². The summed E-state index contributed by atoms with van der Waals surface area (Å²) in [5, 5.41) is 11.2. The fourth-order valence-electron chi connectivity index (χ4n) is 2.26. The average molecular weight is 271 g/mol. The summed E-state index contributed by atoms with van der Waals surface area (Å²) in [4.78, 5) is 37.0. The summed E-state index contributed by atoms with van der Waals surface area (Å²) in [7, 11) is 3.09. The summed E-state index contributed by atoms with van der Waals surface area (Å²) in [5.41, 5.74) is 0. The molecule has 1 unspecified atom stereocenters. The molecule has 0 spiro atoms. The van der Waals surface area contributed by atoms with E-state index in [1.807, 2.05) is 0 Å². The number of carboxylic acid groups (broad SMARTS) is 1. The Morgan fingerprint density at radius 1 is 1.42 bits per heavy atom. The van der Waals surface area contributed by atoms with Gasteiger partial charge in [-0.2, -0.15) is 0 Å². The molecule has 1 rings (SSSR count). The topological polar surface area (TPSA) is 90.0 Å². The van der Waals surface area contributed by atoms with E-state index in [-0.39, 0.29) is 30.8 Å². The smallest absolute Gasteiger partial charge is 0.320 e. The summed E-state index contributed by atoms with van der Waals surface area (Å²) in [6.07, 6.45) is 1.72. The molecule has 1 aliphatic heterocycles. The van der Waals surface area contributed by atoms with Gasteiger partial charge in [-0.3, -0.25) is 9.59 Å². The van der Waals surface area contributed by atoms with Crippen LogP contribution >= 0.6 is 0 Å². The highest BCUT2D eigenvalue weighted by Gasteiger charge is 2.27. The monoisotopic (exact) mass is 271 g/mol. The minimum atomic E-state index is -0.835. The Hall–Kier alpha value is -1.79. The molecule has 0 aromatic carbocycles. The largest absolute Gasteiger partial charge is 0.481 e. The molecule has 2 N–H and O–H groups in total. The lowest BCUT2D eigenvalue weighted by atomic mass is 9.95. The SMILES string of the molecule is CNC(=O)CN(C)C(=O)N1CCCC(CC(=O)O)C1. The van der Waals surface area contributed by atoms with Crippen LogP contribution in [0.15, 0.2) is 0 Å². The predicted molar refractivity (Wildman–Crippen MR) is 68.6 cm³/mol. The number of carbonyl (C=O) groups is 3. The molecule has 1 fully saturated rings. The number of nitrogens with zero attached hydrogens (tertiary/aromatic N) is 2. The maximum atomic E-state index is 12.1. The molecule has 3 amide bonds. The van der Waals surface area contributed by atoms with Gasteiger partial charge in [0, 0.05) is 33.6 Å². The van der Waals surface area contributed by atoms with Crippen LogP contribution < -0.4 is 5.32 Å². The van der Waals surface area contributed by atoms with E-state index in [1.165, 1.54) is 11.9 Å². The lowest BCUT2D eigenvalue weighted by molar-refractivity contribution is -0.138. The minimum absolute atomic E-state index is 0.00333. The van der Waals surface area contributed by atoms with E-state index in [0.29, 0.717) is 13.1 Å². The zero-order chi connectivity index (χ0) is 14.4. The fraction of sp³-hybridized carbons (Fsp3) is 0.750. The first-order chi connectivity index (χ1) is 8.93. The van der Waals surface area contributed by atoms with Gasteiger partial charge in [0.1, 0.15) is 6.54 Å². The lowest BCUT2D eigenvalue weighted by Gasteiger charge is -2.34. The number of rotatable bonds is 4. The number of piperidine rings is 1. The Balaban J connectivity index is 2.51. The highest BCUT2D eigenvalue weighted by molar-refractivity contribution is 5.83. The third-order valence-corrected chi connectivity index (χ3v) is 3.24. The zero-order valence-electron chi connectivity index (χ0n) is 11.4. The van der Waals surface area contributed by atoms with Crippen molar-refractivity contribution in [2.45, 2.75) is 19.3 Å². The van der Waals surface area contributed by atoms with Gasteiger partial charge in [0.2, 0.25) is 5.91 Å². The van der Waals surface area contributed by atoms with Crippen molar-refractivity contribution >= 4 is 17.9 Å². The highest BCUT2D eigenvalue weighted by Crippen LogP contribution is 2.20. The van der Waals surface area contributed by atoms with Gasteiger partial charge in [-0.05, 0) is 18.8 Å². The Bertz CT molecular complexity index is 359. The molecule has 7 nitrogen and oxygen atoms in total. The van der Waals surface area contributed by atoms with E-state index in [2.05, 4.69) is 5.32 Å². The molecule has 108 valence electrons. The molecule has 1 aliphatic rings. The summed E-state index contributed by atoms with van der Waals surface area (Å²) in [6, 6.07) is -0.223. The lowest BCUT2D eigenvalue weighted by Crippen LogP contribution is -2.48. The molecule has 19 heavy (non-hydrogen) atoms. The van der Waals surface area contributed by atoms with E-state index >= 15 is 0 Å². The third-order valence-electron chi connectivity index (χ3n) is 3.24. The van der Waals surface area contributed by atoms with E-state index in [4.69, 9.17) is 5.11 Å². The molecule has 1 saturated heterocycles. The average Bonchev–Trinajstić information content (AvgIpc) is 2.37. The molecule has 0 bridgehead atoms. The molecular formula is C12H21N3O4. The normalized spacial score (nSPS) is 18.8. The van der Waals surface area contributed by atoms with Gasteiger partial charge < -0.3 is 20.2 Å². The maximum Gasteiger partial charge on any atom is 0.320 e. The van der Waals surface area contributed by atoms with Crippen LogP contribution in [0.2, 0.25) is 0 Å². The minimum Gasteiger partial charge on any atom is -0.481 e. The van der Waals surface area contributed by atoms with E-state index in [9.17, 15) is 14.4 Å². The summed E-state index contributed by atoms with van der Waals surface area (Å²) in [6.45, 7) is 1.08. The van der Waals surface area contributed by atoms with Crippen LogP contribution in [0, 0.1) is 5.92 Å². The van der Waals surface area contributed by atoms with Crippen molar-refractivity contribution in [3.63, 3.8) is 0 Å². The second kappa shape index (κ2) is 6.96. The van der Waals surface area contributed by atoms with Gasteiger partial charge in [-0.1, -0.05) is 0 Å². The summed E-state index contributed by atoms with van der Waals surface area (Å²) in [5.74, 6) is -1.06. The van der Waals surface area contributed by atoms with Crippen LogP contribution in [0.5, 0.6) is 0 Å². The second-order valence-electron chi connectivity index (χ2n) is 4.86. The van der Waals surface area contributed by atoms with Crippen LogP contribution in [-0.4, -0.2) is 66.5 Å². The molecule has 0 saturated carbocycles. The maximum absolute atomic E-state index is 12.1. The molecule has 1 atom stereocenters. The number of aliphatic carboxylic acids is 1. The van der Waals surface area contributed by atoms with Crippen molar-refractivity contribution in [1.82, 2.24) is 15.1 Å². The summed E-state index contributed by atoms with van der Waals surface area (Å²) >= 11 is 0. The fourth-order valence-corrected chi connectivity index (χ4v) is 2.26. The first-order valence-electron chi connectivity index (χ1n) is 6.36. The Kier molecular flexibility index (Phi) is 5.59. The standard InChI is InChI=1S/C12H21N3O4/c1-13-10(16)8-14(2)12(19)15-5-3-4-9(7-15)6-11(17)18/h9H,3-8H2,1-2H3,(H,13,16)(H,17,18). The second-order valence-corrected chi connectivity index (χ2v) is 4.86. The van der Waals surface area contributed by atoms with Gasteiger partial charge in [0.25, 0.3) is 0 Å². The van der Waals surface area contributed by atoms with Crippen LogP contribution in [0.1, 0.15) is 19.3 Å². The first kappa shape index (κ1) is 15.3. The molecule has 0 aliphatic carbocycles. The van der Waals surface area contributed by atoms with Crippen molar-refractivity contribution < 1.29 is 19.5 Å². The van der Waals surface area contributed by atoms with Gasteiger partial charge >= 0.3 is 12.0 Å². The van der Waals surface area contributed by atoms with Crippen molar-refractivity contribution in [3.8, 4) is 0 Å². The van der Waals surface area contributed by atoms with E-state index in [0.717, 1.165) is 12.8 Å². The zero-order valence-corrected chi connectivity index (χ0v) is 11.4. The van der Waals surface area contributed by atoms with Crippen LogP contribution in [0.25, 0.3) is 0 Å². The number of hydrogen-bond donors (Lipinski definition) is 2. The number of urea groups is 1. The first-order valence-corrected chi connectivity index (χ1v) is 6.36. The number of likely N-dealkylation sites (tertiary alicyclic amines) is 1. The van der Waals surface area contributed by atoms with Gasteiger partial charge in [-0.15, -0.1) is 0 Å². The molecule has 0 aromatic heterocycles. The van der Waals surface area contributed by atoms with Crippen LogP contribution in [-0.2, 0) is 9.59 Å². The van der Waals surface area contributed by atoms with Crippen molar-refractivity contribution in [2.24, 2.45) is 5.92 Å². The number of carboxylic acids is 1. The molecule has 7 heteroatoms. The Morgan fingerprint density at radius 3 is 2.68 bits per heavy atom. The third kappa shape index (κ3) is 4.76. The number of nitrogens with one attached hydrogen (secondary N) is 1. The highest BCUT2D eigenvalue weighted by atomic mass is 16.4. The van der Waals surface area contributed by atoms with Crippen molar-refractivity contribution in [3.05, 3.63) is 0 Å². The Labute approximate surface area is 112 Å². The number of amides is 3. The quantitative estimate of drug-likeness (QED) is 0.751. The number of hydrogen-bond acceptors (Lipinski definition) is 3. The summed E-state index contributed by atoms with van der Waals surface area (Å²) < 4.78 is 0. The van der Waals surface area contributed by atoms with Crippen molar-refractivity contribution in [2.75, 3.05) is 33.7 Å². The van der Waals surface area contributed by atoms with E-state index < -0.39 is 5.97 Å². The van der Waals surface area contributed by atoms with Gasteiger partial charge in [0.15, 0.2) is 0 Å². The molecule has 0 radical (unpaired) electrons. The van der Waals surface area contributed by atoms with E-state index in [1.54, 1.807) is 11.9 Å². The van der Waals surface area contributed by atoms with Gasteiger partial charge in [-0.25, -0.2) is 4.79 Å². The molecule has 0 aromatic rings. The predicted octanol–water partition coefficient (Wildman–Crippen LogP) is -0.0291. The number of likely N-dealkylation sites (N-methyl/N-ethyl adjacent to an activating group) is 2.